The van der Waals surface area contributed by atoms with E-state index in [0.717, 1.165) is 31.2 Å². The van der Waals surface area contributed by atoms with Crippen LogP contribution in [0.5, 0.6) is 0 Å². The summed E-state index contributed by atoms with van der Waals surface area (Å²) in [5.74, 6) is 2.55. The molecule has 3 heteroatoms. The van der Waals surface area contributed by atoms with Gasteiger partial charge in [-0.2, -0.15) is 0 Å². The second-order valence-corrected chi connectivity index (χ2v) is 4.81. The van der Waals surface area contributed by atoms with Gasteiger partial charge in [0.2, 0.25) is 0 Å². The van der Waals surface area contributed by atoms with E-state index in [-0.39, 0.29) is 0 Å². The molecule has 2 aliphatic rings. The van der Waals surface area contributed by atoms with Crippen LogP contribution < -0.4 is 5.32 Å². The minimum absolute atomic E-state index is 0.317. The second kappa shape index (κ2) is 2.83. The molecule has 14 heavy (non-hydrogen) atoms. The molecule has 2 fully saturated rings. The maximum absolute atomic E-state index is 5.84. The zero-order valence-corrected chi connectivity index (χ0v) is 8.55. The molecule has 1 aromatic heterocycles. The van der Waals surface area contributed by atoms with Crippen LogP contribution in [0.4, 0.5) is 0 Å². The Morgan fingerprint density at radius 3 is 3.07 bits per heavy atom. The van der Waals surface area contributed by atoms with E-state index in [1.807, 2.05) is 6.20 Å². The summed E-state index contributed by atoms with van der Waals surface area (Å²) >= 11 is 0. The Kier molecular flexibility index (Phi) is 1.71. The van der Waals surface area contributed by atoms with Gasteiger partial charge in [0.1, 0.15) is 5.76 Å². The van der Waals surface area contributed by atoms with Gasteiger partial charge >= 0.3 is 0 Å². The van der Waals surface area contributed by atoms with Crippen LogP contribution in [-0.2, 0) is 5.41 Å². The SMILES string of the molecule is CC1(c2cnc(C3CCNC3)o2)CC1. The van der Waals surface area contributed by atoms with Crippen LogP contribution in [0.2, 0.25) is 0 Å². The molecule has 1 aromatic rings. The van der Waals surface area contributed by atoms with Gasteiger partial charge in [0.15, 0.2) is 5.89 Å². The first-order chi connectivity index (χ1) is 6.78. The molecule has 1 saturated heterocycles. The summed E-state index contributed by atoms with van der Waals surface area (Å²) < 4.78 is 5.84. The summed E-state index contributed by atoms with van der Waals surface area (Å²) in [5, 5.41) is 3.33. The van der Waals surface area contributed by atoms with Gasteiger partial charge in [-0.1, -0.05) is 6.92 Å². The van der Waals surface area contributed by atoms with Crippen LogP contribution in [-0.4, -0.2) is 18.1 Å². The van der Waals surface area contributed by atoms with Gasteiger partial charge in [-0.05, 0) is 25.8 Å². The quantitative estimate of drug-likeness (QED) is 0.776. The van der Waals surface area contributed by atoms with Crippen molar-refractivity contribution in [3.05, 3.63) is 17.8 Å². The molecule has 1 atom stereocenters. The first-order valence-corrected chi connectivity index (χ1v) is 5.45. The molecule has 1 saturated carbocycles. The minimum atomic E-state index is 0.317. The molecule has 1 N–H and O–H groups in total. The molecule has 2 heterocycles. The normalized spacial score (nSPS) is 29.4. The van der Waals surface area contributed by atoms with Gasteiger partial charge in [0.05, 0.1) is 6.20 Å². The average molecular weight is 192 g/mol. The lowest BCUT2D eigenvalue weighted by atomic mass is 10.1. The molecule has 76 valence electrons. The lowest BCUT2D eigenvalue weighted by Crippen LogP contribution is -2.08. The van der Waals surface area contributed by atoms with Crippen molar-refractivity contribution in [1.82, 2.24) is 10.3 Å². The largest absolute Gasteiger partial charge is 0.445 e. The molecule has 1 aliphatic carbocycles. The van der Waals surface area contributed by atoms with Crippen molar-refractivity contribution in [2.45, 2.75) is 37.5 Å². The number of aromatic nitrogens is 1. The summed E-state index contributed by atoms with van der Waals surface area (Å²) in [7, 11) is 0. The highest BCUT2D eigenvalue weighted by Gasteiger charge is 2.42. The number of hydrogen-bond donors (Lipinski definition) is 1. The summed E-state index contributed by atoms with van der Waals surface area (Å²) in [4.78, 5) is 4.40. The van der Waals surface area contributed by atoms with Gasteiger partial charge in [0.25, 0.3) is 0 Å². The van der Waals surface area contributed by atoms with E-state index in [4.69, 9.17) is 4.42 Å². The topological polar surface area (TPSA) is 38.1 Å². The van der Waals surface area contributed by atoms with E-state index in [1.165, 1.54) is 12.8 Å². The zero-order valence-electron chi connectivity index (χ0n) is 8.55. The number of nitrogens with one attached hydrogen (secondary N) is 1. The number of hydrogen-bond acceptors (Lipinski definition) is 3. The van der Waals surface area contributed by atoms with Crippen LogP contribution in [0.25, 0.3) is 0 Å². The predicted molar refractivity (Wildman–Crippen MR) is 53.3 cm³/mol. The van der Waals surface area contributed by atoms with E-state index in [0.29, 0.717) is 11.3 Å². The Morgan fingerprint density at radius 1 is 1.57 bits per heavy atom. The Bertz CT molecular complexity index is 335. The van der Waals surface area contributed by atoms with Gasteiger partial charge in [-0.25, -0.2) is 4.98 Å². The molecular formula is C11H16N2O. The second-order valence-electron chi connectivity index (χ2n) is 4.81. The van der Waals surface area contributed by atoms with Crippen molar-refractivity contribution in [3.8, 4) is 0 Å². The molecule has 3 rings (SSSR count). The fourth-order valence-electron chi connectivity index (χ4n) is 2.05. The number of oxazole rings is 1. The average Bonchev–Trinajstić information content (AvgIpc) is 2.73. The van der Waals surface area contributed by atoms with Crippen molar-refractivity contribution in [2.75, 3.05) is 13.1 Å². The Labute approximate surface area is 83.9 Å². The molecule has 0 aromatic carbocycles. The highest BCUT2D eigenvalue weighted by Crippen LogP contribution is 2.48. The summed E-state index contributed by atoms with van der Waals surface area (Å²) in [6, 6.07) is 0. The lowest BCUT2D eigenvalue weighted by molar-refractivity contribution is 0.402. The van der Waals surface area contributed by atoms with Gasteiger partial charge < -0.3 is 9.73 Å². The summed E-state index contributed by atoms with van der Waals surface area (Å²) in [6.07, 6.45) is 5.60. The zero-order chi connectivity index (χ0) is 9.60. The monoisotopic (exact) mass is 192 g/mol. The number of nitrogens with zero attached hydrogens (tertiary/aromatic N) is 1. The first-order valence-electron chi connectivity index (χ1n) is 5.45. The molecule has 0 bridgehead atoms. The van der Waals surface area contributed by atoms with Crippen LogP contribution in [0.3, 0.4) is 0 Å². The molecule has 0 spiro atoms. The Balaban J connectivity index is 1.82. The minimum Gasteiger partial charge on any atom is -0.445 e. The van der Waals surface area contributed by atoms with Crippen LogP contribution in [0, 0.1) is 0 Å². The number of rotatable bonds is 2. The maximum Gasteiger partial charge on any atom is 0.198 e. The smallest absolute Gasteiger partial charge is 0.198 e. The van der Waals surface area contributed by atoms with E-state index in [2.05, 4.69) is 17.2 Å². The standard InChI is InChI=1S/C11H16N2O/c1-11(3-4-11)9-7-13-10(14-9)8-2-5-12-6-8/h7-8,12H,2-6H2,1H3. The van der Waals surface area contributed by atoms with Crippen molar-refractivity contribution < 1.29 is 4.42 Å². The molecule has 0 radical (unpaired) electrons. The molecule has 1 aliphatic heterocycles. The molecular weight excluding hydrogens is 176 g/mol. The molecule has 1 unspecified atom stereocenters. The van der Waals surface area contributed by atoms with Crippen molar-refractivity contribution >= 4 is 0 Å². The Morgan fingerprint density at radius 2 is 2.43 bits per heavy atom. The summed E-state index contributed by atoms with van der Waals surface area (Å²) in [5.41, 5.74) is 0.317. The Hall–Kier alpha value is -0.830. The van der Waals surface area contributed by atoms with Crippen molar-refractivity contribution in [1.29, 1.82) is 0 Å². The molecule has 3 nitrogen and oxygen atoms in total. The highest BCUT2D eigenvalue weighted by molar-refractivity contribution is 5.18. The van der Waals surface area contributed by atoms with E-state index in [9.17, 15) is 0 Å². The third-order valence-electron chi connectivity index (χ3n) is 3.53. The third-order valence-corrected chi connectivity index (χ3v) is 3.53. The van der Waals surface area contributed by atoms with Gasteiger partial charge in [0, 0.05) is 17.9 Å². The van der Waals surface area contributed by atoms with E-state index < -0.39 is 0 Å². The highest BCUT2D eigenvalue weighted by atomic mass is 16.4. The first kappa shape index (κ1) is 8.48. The van der Waals surface area contributed by atoms with Gasteiger partial charge in [-0.15, -0.1) is 0 Å². The summed E-state index contributed by atoms with van der Waals surface area (Å²) in [6.45, 7) is 4.38. The van der Waals surface area contributed by atoms with Crippen LogP contribution in [0.1, 0.15) is 43.8 Å². The van der Waals surface area contributed by atoms with Crippen molar-refractivity contribution in [3.63, 3.8) is 0 Å². The maximum atomic E-state index is 5.84. The van der Waals surface area contributed by atoms with Crippen LogP contribution >= 0.6 is 0 Å². The van der Waals surface area contributed by atoms with E-state index in [1.54, 1.807) is 0 Å². The fraction of sp³-hybridized carbons (Fsp3) is 0.727. The fourth-order valence-corrected chi connectivity index (χ4v) is 2.05. The molecule has 0 amide bonds. The van der Waals surface area contributed by atoms with E-state index >= 15 is 0 Å². The lowest BCUT2D eigenvalue weighted by Gasteiger charge is -2.04. The van der Waals surface area contributed by atoms with Gasteiger partial charge in [-0.3, -0.25) is 0 Å². The predicted octanol–water partition coefficient (Wildman–Crippen LogP) is 1.80. The third kappa shape index (κ3) is 1.27. The van der Waals surface area contributed by atoms with Crippen LogP contribution in [0.15, 0.2) is 10.6 Å². The van der Waals surface area contributed by atoms with Crippen molar-refractivity contribution in [2.24, 2.45) is 0 Å².